The van der Waals surface area contributed by atoms with Gasteiger partial charge in [0.2, 0.25) is 0 Å². The average molecular weight is 463 g/mol. The van der Waals surface area contributed by atoms with Crippen molar-refractivity contribution < 1.29 is 22.7 Å². The third-order valence-corrected chi connectivity index (χ3v) is 6.83. The Morgan fingerprint density at radius 2 is 1.21 bits per heavy atom. The molecule has 1 N–H and O–H groups in total. The lowest BCUT2D eigenvalue weighted by atomic mass is 10.2. The second-order valence-corrected chi connectivity index (χ2v) is 9.11. The summed E-state index contributed by atoms with van der Waals surface area (Å²) in [7, 11) is -2.52. The summed E-state index contributed by atoms with van der Waals surface area (Å²) >= 11 is 0. The first-order valence-electron chi connectivity index (χ1n) is 10.3. The molecule has 7 heteroatoms. The maximum atomic E-state index is 15.0. The molecule has 0 spiro atoms. The second-order valence-electron chi connectivity index (χ2n) is 7.15. The molecule has 0 aliphatic heterocycles. The molecular weight excluding hydrogens is 440 g/mol. The maximum absolute atomic E-state index is 15.0. The molecule has 168 valence electrons. The van der Waals surface area contributed by atoms with E-state index in [4.69, 9.17) is 13.8 Å². The van der Waals surface area contributed by atoms with Crippen molar-refractivity contribution in [3.8, 4) is 17.2 Å². The number of halogens is 1. The number of nitrogens with one attached hydrogen (secondary N) is 1. The van der Waals surface area contributed by atoms with Crippen LogP contribution in [0.4, 0.5) is 10.1 Å². The molecule has 4 aromatic carbocycles. The van der Waals surface area contributed by atoms with Gasteiger partial charge in [-0.1, -0.05) is 54.6 Å². The quantitative estimate of drug-likeness (QED) is 0.264. The summed E-state index contributed by atoms with van der Waals surface area (Å²) in [5.74, 6) is -0.332. The molecule has 0 saturated carbocycles. The highest BCUT2D eigenvalue weighted by atomic mass is 31.2. The number of hydrogen-bond acceptors (Lipinski definition) is 5. The van der Waals surface area contributed by atoms with E-state index in [2.05, 4.69) is 5.32 Å². The molecule has 4 rings (SSSR count). The van der Waals surface area contributed by atoms with E-state index < -0.39 is 19.2 Å². The normalized spacial score (nSPS) is 11.9. The van der Waals surface area contributed by atoms with E-state index in [9.17, 15) is 8.96 Å². The molecule has 5 nitrogen and oxygen atoms in total. The van der Waals surface area contributed by atoms with Crippen LogP contribution in [-0.4, -0.2) is 7.11 Å². The summed E-state index contributed by atoms with van der Waals surface area (Å²) in [5.41, 5.74) is 0.751. The molecule has 4 aromatic rings. The largest absolute Gasteiger partial charge is 0.497 e. The molecule has 0 radical (unpaired) electrons. The predicted octanol–water partition coefficient (Wildman–Crippen LogP) is 7.30. The zero-order valence-electron chi connectivity index (χ0n) is 17.9. The van der Waals surface area contributed by atoms with Crippen LogP contribution in [0.15, 0.2) is 109 Å². The van der Waals surface area contributed by atoms with Gasteiger partial charge in [-0.2, -0.15) is 0 Å². The van der Waals surface area contributed by atoms with Crippen LogP contribution < -0.4 is 19.1 Å². The molecule has 0 aliphatic carbocycles. The molecule has 0 heterocycles. The molecule has 0 bridgehead atoms. The van der Waals surface area contributed by atoms with Crippen molar-refractivity contribution in [2.75, 3.05) is 12.4 Å². The lowest BCUT2D eigenvalue weighted by molar-refractivity contribution is 0.375. The van der Waals surface area contributed by atoms with Crippen LogP contribution in [0.2, 0.25) is 0 Å². The van der Waals surface area contributed by atoms with Gasteiger partial charge in [-0.15, -0.1) is 0 Å². The Labute approximate surface area is 192 Å². The van der Waals surface area contributed by atoms with Gasteiger partial charge in [0.15, 0.2) is 5.78 Å². The molecule has 0 aromatic heterocycles. The van der Waals surface area contributed by atoms with Gasteiger partial charge in [-0.3, -0.25) is 0 Å². The molecule has 0 saturated heterocycles. The molecule has 0 unspecified atom stereocenters. The number of anilines is 1. The Kier molecular flexibility index (Phi) is 6.96. The van der Waals surface area contributed by atoms with Crippen LogP contribution in [0.5, 0.6) is 17.2 Å². The highest BCUT2D eigenvalue weighted by Crippen LogP contribution is 2.60. The van der Waals surface area contributed by atoms with Crippen LogP contribution in [0, 0.1) is 5.82 Å². The number of methoxy groups -OCH3 is 1. The number of ether oxygens (including phenoxy) is 1. The Hall–Kier alpha value is -3.76. The summed E-state index contributed by atoms with van der Waals surface area (Å²) in [6, 6.07) is 30.5. The van der Waals surface area contributed by atoms with Crippen molar-refractivity contribution in [3.05, 3.63) is 121 Å². The molecular formula is C26H23FNO4P. The van der Waals surface area contributed by atoms with Gasteiger partial charge in [0, 0.05) is 11.3 Å². The fraction of sp³-hybridized carbons (Fsp3) is 0.0769. The first kappa shape index (κ1) is 22.4. The third-order valence-electron chi connectivity index (χ3n) is 4.86. The molecule has 1 atom stereocenters. The van der Waals surface area contributed by atoms with Crippen LogP contribution in [0.3, 0.4) is 0 Å². The van der Waals surface area contributed by atoms with Gasteiger partial charge >= 0.3 is 7.60 Å². The van der Waals surface area contributed by atoms with Crippen LogP contribution in [0.1, 0.15) is 11.3 Å². The van der Waals surface area contributed by atoms with Gasteiger partial charge in [0.05, 0.1) is 7.11 Å². The van der Waals surface area contributed by atoms with E-state index in [0.717, 1.165) is 0 Å². The number of para-hydroxylation sites is 2. The van der Waals surface area contributed by atoms with E-state index in [-0.39, 0.29) is 5.56 Å². The molecule has 0 fully saturated rings. The van der Waals surface area contributed by atoms with E-state index in [1.54, 1.807) is 98.1 Å². The lowest BCUT2D eigenvalue weighted by Crippen LogP contribution is -2.19. The third kappa shape index (κ3) is 5.54. The predicted molar refractivity (Wildman–Crippen MR) is 128 cm³/mol. The summed E-state index contributed by atoms with van der Waals surface area (Å²) in [5, 5.41) is 3.16. The number of benzene rings is 4. The Bertz CT molecular complexity index is 1170. The Morgan fingerprint density at radius 3 is 1.73 bits per heavy atom. The van der Waals surface area contributed by atoms with Crippen LogP contribution in [-0.2, 0) is 4.57 Å². The fourth-order valence-electron chi connectivity index (χ4n) is 3.25. The second kappa shape index (κ2) is 10.2. The highest BCUT2D eigenvalue weighted by Gasteiger charge is 2.42. The Morgan fingerprint density at radius 1 is 0.697 bits per heavy atom. The van der Waals surface area contributed by atoms with E-state index in [1.807, 2.05) is 12.1 Å². The molecule has 0 amide bonds. The summed E-state index contributed by atoms with van der Waals surface area (Å²) < 4.78 is 46.6. The standard InChI is InChI=1S/C26H23FNO4P/c1-30-21-18-16-20(17-19-21)28-26(24-14-8-9-15-25(24)27)33(29,31-22-10-4-2-5-11-22)32-23-12-6-3-7-13-23/h2-19,26,28H,1H3/t26-/m0/s1. The Balaban J connectivity index is 1.80. The number of hydrogen-bond donors (Lipinski definition) is 1. The first-order chi connectivity index (χ1) is 16.1. The van der Waals surface area contributed by atoms with E-state index >= 15 is 0 Å². The van der Waals surface area contributed by atoms with Crippen molar-refractivity contribution in [3.63, 3.8) is 0 Å². The monoisotopic (exact) mass is 463 g/mol. The van der Waals surface area contributed by atoms with Gasteiger partial charge in [0.25, 0.3) is 0 Å². The van der Waals surface area contributed by atoms with Crippen molar-refractivity contribution in [1.82, 2.24) is 0 Å². The van der Waals surface area contributed by atoms with Crippen molar-refractivity contribution in [1.29, 1.82) is 0 Å². The van der Waals surface area contributed by atoms with Crippen molar-refractivity contribution in [2.45, 2.75) is 5.78 Å². The van der Waals surface area contributed by atoms with Gasteiger partial charge < -0.3 is 19.1 Å². The SMILES string of the molecule is COc1ccc(N[C@H](c2ccccc2F)P(=O)(Oc2ccccc2)Oc2ccccc2)cc1. The number of rotatable bonds is 9. The van der Waals surface area contributed by atoms with Crippen LogP contribution in [0.25, 0.3) is 0 Å². The molecule has 33 heavy (non-hydrogen) atoms. The smallest absolute Gasteiger partial charge is 0.457 e. The van der Waals surface area contributed by atoms with Gasteiger partial charge in [0.1, 0.15) is 23.1 Å². The first-order valence-corrected chi connectivity index (χ1v) is 11.9. The van der Waals surface area contributed by atoms with Gasteiger partial charge in [-0.05, 0) is 54.6 Å². The topological polar surface area (TPSA) is 56.8 Å². The minimum absolute atomic E-state index is 0.156. The average Bonchev–Trinajstić information content (AvgIpc) is 2.84. The lowest BCUT2D eigenvalue weighted by Gasteiger charge is -2.29. The van der Waals surface area contributed by atoms with E-state index in [0.29, 0.717) is 22.9 Å². The van der Waals surface area contributed by atoms with Crippen molar-refractivity contribution >= 4 is 13.3 Å². The summed E-state index contributed by atoms with van der Waals surface area (Å²) in [6.45, 7) is 0. The minimum atomic E-state index is -4.09. The summed E-state index contributed by atoms with van der Waals surface area (Å²) in [6.07, 6.45) is 0. The zero-order chi connectivity index (χ0) is 23.1. The van der Waals surface area contributed by atoms with Crippen molar-refractivity contribution in [2.24, 2.45) is 0 Å². The maximum Gasteiger partial charge on any atom is 0.457 e. The molecule has 0 aliphatic rings. The van der Waals surface area contributed by atoms with Crippen LogP contribution >= 0.6 is 7.60 Å². The van der Waals surface area contributed by atoms with Gasteiger partial charge in [-0.25, -0.2) is 8.96 Å². The minimum Gasteiger partial charge on any atom is -0.497 e. The fourth-order valence-corrected chi connectivity index (χ4v) is 5.19. The summed E-state index contributed by atoms with van der Waals surface area (Å²) in [4.78, 5) is 0. The highest BCUT2D eigenvalue weighted by molar-refractivity contribution is 7.55. The zero-order valence-corrected chi connectivity index (χ0v) is 18.8. The van der Waals surface area contributed by atoms with E-state index in [1.165, 1.54) is 6.07 Å².